The van der Waals surface area contributed by atoms with Gasteiger partial charge in [-0.2, -0.15) is 5.10 Å². The van der Waals surface area contributed by atoms with E-state index in [1.54, 1.807) is 10.9 Å². The van der Waals surface area contributed by atoms with Gasteiger partial charge >= 0.3 is 5.97 Å². The zero-order valence-corrected chi connectivity index (χ0v) is 7.27. The number of hydrogen-bond donors (Lipinski definition) is 1. The zero-order chi connectivity index (χ0) is 9.84. The standard InChI is InChI=1S/C8H11FN2O2/c1-2-11-5-6(4-10-11)3-7(9)8(12)13/h4-5,7H,2-3H2,1H3,(H,12,13). The molecule has 0 spiro atoms. The third-order valence-corrected chi connectivity index (χ3v) is 1.69. The number of carboxylic acid groups (broad SMARTS) is 1. The predicted molar refractivity (Wildman–Crippen MR) is 44.1 cm³/mol. The maximum absolute atomic E-state index is 12.7. The van der Waals surface area contributed by atoms with Gasteiger partial charge in [-0.15, -0.1) is 0 Å². The lowest BCUT2D eigenvalue weighted by molar-refractivity contribution is -0.142. The van der Waals surface area contributed by atoms with Crippen LogP contribution in [0, 0.1) is 0 Å². The summed E-state index contributed by atoms with van der Waals surface area (Å²) in [6.45, 7) is 2.60. The van der Waals surface area contributed by atoms with E-state index in [4.69, 9.17) is 5.11 Å². The molecular formula is C8H11FN2O2. The van der Waals surface area contributed by atoms with Gasteiger partial charge in [0.1, 0.15) is 0 Å². The fourth-order valence-electron chi connectivity index (χ4n) is 0.979. The molecule has 0 aliphatic heterocycles. The molecule has 0 saturated heterocycles. The number of carbonyl (C=O) groups is 1. The highest BCUT2D eigenvalue weighted by Gasteiger charge is 2.16. The Bertz CT molecular complexity index is 298. The van der Waals surface area contributed by atoms with Crippen LogP contribution >= 0.6 is 0 Å². The maximum atomic E-state index is 12.7. The van der Waals surface area contributed by atoms with E-state index in [0.29, 0.717) is 12.1 Å². The van der Waals surface area contributed by atoms with Crippen LogP contribution in [0.25, 0.3) is 0 Å². The van der Waals surface area contributed by atoms with Crippen LogP contribution in [0.1, 0.15) is 12.5 Å². The molecule has 1 aromatic rings. The molecular weight excluding hydrogens is 175 g/mol. The van der Waals surface area contributed by atoms with E-state index in [9.17, 15) is 9.18 Å². The molecule has 1 rings (SSSR count). The minimum Gasteiger partial charge on any atom is -0.479 e. The Hall–Kier alpha value is -1.39. The van der Waals surface area contributed by atoms with Gasteiger partial charge in [-0.1, -0.05) is 0 Å². The Morgan fingerprint density at radius 2 is 2.54 bits per heavy atom. The second-order valence-electron chi connectivity index (χ2n) is 2.71. The highest BCUT2D eigenvalue weighted by molar-refractivity contribution is 5.72. The first kappa shape index (κ1) is 9.70. The lowest BCUT2D eigenvalue weighted by Gasteiger charge is -1.98. The van der Waals surface area contributed by atoms with Crippen LogP contribution in [0.15, 0.2) is 12.4 Å². The van der Waals surface area contributed by atoms with Crippen molar-refractivity contribution in [1.82, 2.24) is 9.78 Å². The van der Waals surface area contributed by atoms with E-state index in [1.807, 2.05) is 6.92 Å². The van der Waals surface area contributed by atoms with Crippen LogP contribution in [0.2, 0.25) is 0 Å². The third-order valence-electron chi connectivity index (χ3n) is 1.69. The van der Waals surface area contributed by atoms with Gasteiger partial charge in [0.15, 0.2) is 0 Å². The minimum atomic E-state index is -1.84. The summed E-state index contributed by atoms with van der Waals surface area (Å²) in [5.41, 5.74) is 0.608. The summed E-state index contributed by atoms with van der Waals surface area (Å²) >= 11 is 0. The number of carboxylic acids is 1. The first-order valence-electron chi connectivity index (χ1n) is 4.01. The van der Waals surface area contributed by atoms with Crippen molar-refractivity contribution in [3.63, 3.8) is 0 Å². The van der Waals surface area contributed by atoms with Crippen molar-refractivity contribution in [3.05, 3.63) is 18.0 Å². The van der Waals surface area contributed by atoms with Gasteiger partial charge in [-0.3, -0.25) is 4.68 Å². The molecule has 72 valence electrons. The van der Waals surface area contributed by atoms with E-state index in [1.165, 1.54) is 6.20 Å². The first-order valence-corrected chi connectivity index (χ1v) is 4.01. The smallest absolute Gasteiger partial charge is 0.338 e. The lowest BCUT2D eigenvalue weighted by atomic mass is 10.2. The summed E-state index contributed by atoms with van der Waals surface area (Å²) < 4.78 is 14.3. The number of aromatic nitrogens is 2. The van der Waals surface area contributed by atoms with E-state index in [2.05, 4.69) is 5.10 Å². The average molecular weight is 186 g/mol. The number of aliphatic carboxylic acids is 1. The maximum Gasteiger partial charge on any atom is 0.338 e. The lowest BCUT2D eigenvalue weighted by Crippen LogP contribution is -2.16. The van der Waals surface area contributed by atoms with E-state index >= 15 is 0 Å². The molecule has 1 aromatic heterocycles. The van der Waals surface area contributed by atoms with Gasteiger partial charge in [0.2, 0.25) is 6.17 Å². The Morgan fingerprint density at radius 3 is 3.00 bits per heavy atom. The van der Waals surface area contributed by atoms with E-state index in [-0.39, 0.29) is 6.42 Å². The Balaban J connectivity index is 2.58. The van der Waals surface area contributed by atoms with Crippen LogP contribution in [0.3, 0.4) is 0 Å². The molecule has 0 amide bonds. The fraction of sp³-hybridized carbons (Fsp3) is 0.500. The van der Waals surface area contributed by atoms with Gasteiger partial charge in [-0.25, -0.2) is 9.18 Å². The van der Waals surface area contributed by atoms with Crippen LogP contribution < -0.4 is 0 Å². The highest BCUT2D eigenvalue weighted by Crippen LogP contribution is 2.05. The summed E-state index contributed by atoms with van der Waals surface area (Å²) in [6, 6.07) is 0. The van der Waals surface area contributed by atoms with Crippen molar-refractivity contribution in [1.29, 1.82) is 0 Å². The van der Waals surface area contributed by atoms with Crippen LogP contribution in [0.5, 0.6) is 0 Å². The van der Waals surface area contributed by atoms with Crippen molar-refractivity contribution in [2.75, 3.05) is 0 Å². The number of hydrogen-bond acceptors (Lipinski definition) is 2. The second kappa shape index (κ2) is 4.02. The number of alkyl halides is 1. The molecule has 4 nitrogen and oxygen atoms in total. The summed E-state index contributed by atoms with van der Waals surface area (Å²) in [5, 5.41) is 12.2. The quantitative estimate of drug-likeness (QED) is 0.759. The molecule has 0 fully saturated rings. The Kier molecular flexibility index (Phi) is 3.00. The highest BCUT2D eigenvalue weighted by atomic mass is 19.1. The first-order chi connectivity index (χ1) is 6.13. The summed E-state index contributed by atoms with van der Waals surface area (Å²) in [7, 11) is 0. The molecule has 1 heterocycles. The molecule has 0 bridgehead atoms. The molecule has 13 heavy (non-hydrogen) atoms. The van der Waals surface area contributed by atoms with Gasteiger partial charge in [0.25, 0.3) is 0 Å². The minimum absolute atomic E-state index is 0.116. The second-order valence-corrected chi connectivity index (χ2v) is 2.71. The van der Waals surface area contributed by atoms with Gasteiger partial charge in [0, 0.05) is 19.2 Å². The molecule has 0 aliphatic rings. The van der Waals surface area contributed by atoms with Crippen LogP contribution in [-0.4, -0.2) is 27.0 Å². The van der Waals surface area contributed by atoms with Crippen molar-refractivity contribution in [2.24, 2.45) is 0 Å². The van der Waals surface area contributed by atoms with Crippen molar-refractivity contribution >= 4 is 5.97 Å². The fourth-order valence-corrected chi connectivity index (χ4v) is 0.979. The SMILES string of the molecule is CCn1cc(CC(F)C(=O)O)cn1. The molecule has 1 unspecified atom stereocenters. The zero-order valence-electron chi connectivity index (χ0n) is 7.27. The molecule has 0 radical (unpaired) electrons. The van der Waals surface area contributed by atoms with Crippen LogP contribution in [0.4, 0.5) is 4.39 Å². The summed E-state index contributed by atoms with van der Waals surface area (Å²) in [5.74, 6) is -1.43. The number of rotatable bonds is 4. The monoisotopic (exact) mass is 186 g/mol. The topological polar surface area (TPSA) is 55.1 Å². The summed E-state index contributed by atoms with van der Waals surface area (Å²) in [6.07, 6.45) is 1.18. The van der Waals surface area contributed by atoms with Crippen LogP contribution in [-0.2, 0) is 17.8 Å². The van der Waals surface area contributed by atoms with Gasteiger partial charge in [0.05, 0.1) is 6.20 Å². The normalized spacial score (nSPS) is 12.8. The summed E-state index contributed by atoms with van der Waals surface area (Å²) in [4.78, 5) is 10.2. The number of aryl methyl sites for hydroxylation is 1. The molecule has 0 aliphatic carbocycles. The predicted octanol–water partition coefficient (Wildman–Crippen LogP) is 0.868. The van der Waals surface area contributed by atoms with Crippen molar-refractivity contribution in [2.45, 2.75) is 26.1 Å². The van der Waals surface area contributed by atoms with Gasteiger partial charge in [-0.05, 0) is 12.5 Å². The Morgan fingerprint density at radius 1 is 1.85 bits per heavy atom. The number of halogens is 1. The molecule has 1 N–H and O–H groups in total. The third kappa shape index (κ3) is 2.54. The average Bonchev–Trinajstić information content (AvgIpc) is 2.52. The largest absolute Gasteiger partial charge is 0.479 e. The van der Waals surface area contributed by atoms with E-state index in [0.717, 1.165) is 0 Å². The van der Waals surface area contributed by atoms with Crippen molar-refractivity contribution < 1.29 is 14.3 Å². The van der Waals surface area contributed by atoms with Gasteiger partial charge < -0.3 is 5.11 Å². The molecule has 1 atom stereocenters. The number of nitrogens with zero attached hydrogens (tertiary/aromatic N) is 2. The molecule has 5 heteroatoms. The Labute approximate surface area is 75.0 Å². The molecule has 0 saturated carbocycles. The molecule has 0 aromatic carbocycles. The van der Waals surface area contributed by atoms with E-state index < -0.39 is 12.1 Å². The van der Waals surface area contributed by atoms with Crippen molar-refractivity contribution in [3.8, 4) is 0 Å².